The maximum absolute atomic E-state index is 12.0. The summed E-state index contributed by atoms with van der Waals surface area (Å²) in [6.45, 7) is 1.87. The number of rotatable bonds is 7. The van der Waals surface area contributed by atoms with Gasteiger partial charge in [-0.1, -0.05) is 52.4 Å². The minimum absolute atomic E-state index is 0.104. The maximum atomic E-state index is 12.0. The van der Waals surface area contributed by atoms with Crippen LogP contribution in [0.2, 0.25) is 10.0 Å². The van der Waals surface area contributed by atoms with Crippen molar-refractivity contribution in [2.24, 2.45) is 0 Å². The SMILES string of the molecule is CNc1nnc(SCCCC(=O)Nc2c(Cl)ccc(C)c2Cl)s1. The van der Waals surface area contributed by atoms with Gasteiger partial charge in [-0.05, 0) is 25.0 Å². The Morgan fingerprint density at radius 1 is 1.35 bits per heavy atom. The summed E-state index contributed by atoms with van der Waals surface area (Å²) in [6, 6.07) is 3.54. The van der Waals surface area contributed by atoms with E-state index >= 15 is 0 Å². The van der Waals surface area contributed by atoms with E-state index in [1.54, 1.807) is 24.9 Å². The van der Waals surface area contributed by atoms with Gasteiger partial charge in [-0.15, -0.1) is 10.2 Å². The van der Waals surface area contributed by atoms with Crippen LogP contribution >= 0.6 is 46.3 Å². The number of aromatic nitrogens is 2. The van der Waals surface area contributed by atoms with Gasteiger partial charge in [0.05, 0.1) is 15.7 Å². The molecule has 1 heterocycles. The summed E-state index contributed by atoms with van der Waals surface area (Å²) in [6.07, 6.45) is 1.12. The van der Waals surface area contributed by atoms with E-state index in [4.69, 9.17) is 23.2 Å². The van der Waals surface area contributed by atoms with Crippen LogP contribution in [0.1, 0.15) is 18.4 Å². The van der Waals surface area contributed by atoms with Crippen LogP contribution in [0.5, 0.6) is 0 Å². The van der Waals surface area contributed by atoms with Gasteiger partial charge >= 0.3 is 0 Å². The molecule has 5 nitrogen and oxygen atoms in total. The first-order valence-corrected chi connectivity index (χ1v) is 9.45. The van der Waals surface area contributed by atoms with E-state index in [1.165, 1.54) is 11.3 Å². The Bertz CT molecular complexity index is 693. The Morgan fingerprint density at radius 3 is 2.83 bits per heavy atom. The molecule has 1 amide bonds. The number of amides is 1. The van der Waals surface area contributed by atoms with Crippen LogP contribution in [0.3, 0.4) is 0 Å². The first-order chi connectivity index (χ1) is 11.0. The van der Waals surface area contributed by atoms with Crippen molar-refractivity contribution in [3.63, 3.8) is 0 Å². The monoisotopic (exact) mass is 390 g/mol. The minimum atomic E-state index is -0.104. The number of nitrogens with zero attached hydrogens (tertiary/aromatic N) is 2. The largest absolute Gasteiger partial charge is 0.363 e. The third-order valence-corrected chi connectivity index (χ3v) is 5.91. The normalized spacial score (nSPS) is 10.6. The molecule has 0 fully saturated rings. The van der Waals surface area contributed by atoms with E-state index in [0.717, 1.165) is 27.2 Å². The smallest absolute Gasteiger partial charge is 0.224 e. The summed E-state index contributed by atoms with van der Waals surface area (Å²) in [7, 11) is 1.81. The number of carbonyl (C=O) groups is 1. The van der Waals surface area contributed by atoms with Crippen LogP contribution in [0.15, 0.2) is 16.5 Å². The molecule has 0 aliphatic heterocycles. The number of thioether (sulfide) groups is 1. The first-order valence-electron chi connectivity index (χ1n) is 6.89. The highest BCUT2D eigenvalue weighted by Crippen LogP contribution is 2.33. The summed E-state index contributed by atoms with van der Waals surface area (Å²) >= 11 is 15.3. The first kappa shape index (κ1) is 18.3. The summed E-state index contributed by atoms with van der Waals surface area (Å²) in [4.78, 5) is 12.0. The molecule has 124 valence electrons. The molecular weight excluding hydrogens is 375 g/mol. The van der Waals surface area contributed by atoms with Gasteiger partial charge in [-0.3, -0.25) is 4.79 Å². The lowest BCUT2D eigenvalue weighted by Gasteiger charge is -2.10. The molecule has 0 aliphatic carbocycles. The zero-order valence-corrected chi connectivity index (χ0v) is 15.8. The second kappa shape index (κ2) is 8.73. The summed E-state index contributed by atoms with van der Waals surface area (Å²) in [5.41, 5.74) is 1.35. The lowest BCUT2D eigenvalue weighted by Crippen LogP contribution is -2.12. The van der Waals surface area contributed by atoms with Crippen LogP contribution in [0.25, 0.3) is 0 Å². The number of carbonyl (C=O) groups excluding carboxylic acids is 1. The third kappa shape index (κ3) is 5.24. The number of halogens is 2. The van der Waals surface area contributed by atoms with Crippen molar-refractivity contribution in [2.45, 2.75) is 24.1 Å². The number of anilines is 2. The third-order valence-electron chi connectivity index (χ3n) is 2.94. The fourth-order valence-corrected chi connectivity index (χ4v) is 3.91. The van der Waals surface area contributed by atoms with Gasteiger partial charge in [0.15, 0.2) is 4.34 Å². The van der Waals surface area contributed by atoms with Gasteiger partial charge < -0.3 is 10.6 Å². The van der Waals surface area contributed by atoms with E-state index in [-0.39, 0.29) is 5.91 Å². The van der Waals surface area contributed by atoms with Crippen molar-refractivity contribution >= 4 is 63.0 Å². The van der Waals surface area contributed by atoms with Gasteiger partial charge in [-0.2, -0.15) is 0 Å². The van der Waals surface area contributed by atoms with Gasteiger partial charge in [-0.25, -0.2) is 0 Å². The molecular formula is C14H16Cl2N4OS2. The van der Waals surface area contributed by atoms with Gasteiger partial charge in [0.25, 0.3) is 0 Å². The number of hydrogen-bond donors (Lipinski definition) is 2. The second-order valence-corrected chi connectivity index (χ2v) is 7.78. The van der Waals surface area contributed by atoms with Crippen molar-refractivity contribution in [2.75, 3.05) is 23.4 Å². The van der Waals surface area contributed by atoms with Crippen molar-refractivity contribution in [3.8, 4) is 0 Å². The van der Waals surface area contributed by atoms with Crippen LogP contribution in [-0.4, -0.2) is 28.9 Å². The predicted octanol–water partition coefficient (Wildman–Crippen LogP) is 4.71. The quantitative estimate of drug-likeness (QED) is 0.529. The standard InChI is InChI=1S/C14H16Cl2N4OS2/c1-8-5-6-9(15)12(11(8)16)18-10(21)4-3-7-22-14-20-19-13(17-2)23-14/h5-6H,3-4,7H2,1-2H3,(H,17,19)(H,18,21). The lowest BCUT2D eigenvalue weighted by atomic mass is 10.2. The molecule has 2 aromatic rings. The average molecular weight is 391 g/mol. The van der Waals surface area contributed by atoms with E-state index in [0.29, 0.717) is 22.2 Å². The minimum Gasteiger partial charge on any atom is -0.363 e. The van der Waals surface area contributed by atoms with E-state index in [1.807, 2.05) is 13.0 Å². The number of benzene rings is 1. The molecule has 1 aromatic heterocycles. The predicted molar refractivity (Wildman–Crippen MR) is 99.2 cm³/mol. The molecule has 23 heavy (non-hydrogen) atoms. The van der Waals surface area contributed by atoms with Crippen LogP contribution < -0.4 is 10.6 Å². The van der Waals surface area contributed by atoms with E-state index in [9.17, 15) is 4.79 Å². The zero-order valence-electron chi connectivity index (χ0n) is 12.7. The van der Waals surface area contributed by atoms with Crippen LogP contribution in [0, 0.1) is 6.92 Å². The molecule has 0 saturated heterocycles. The van der Waals surface area contributed by atoms with Gasteiger partial charge in [0, 0.05) is 19.2 Å². The highest BCUT2D eigenvalue weighted by molar-refractivity contribution is 8.01. The number of aryl methyl sites for hydroxylation is 1. The molecule has 0 spiro atoms. The molecule has 2 N–H and O–H groups in total. The van der Waals surface area contributed by atoms with Crippen LogP contribution in [0.4, 0.5) is 10.8 Å². The van der Waals surface area contributed by atoms with Crippen molar-refractivity contribution < 1.29 is 4.79 Å². The fraction of sp³-hybridized carbons (Fsp3) is 0.357. The molecule has 0 radical (unpaired) electrons. The Balaban J connectivity index is 1.78. The molecule has 0 bridgehead atoms. The highest BCUT2D eigenvalue weighted by atomic mass is 35.5. The van der Waals surface area contributed by atoms with E-state index < -0.39 is 0 Å². The van der Waals surface area contributed by atoms with Crippen LogP contribution in [-0.2, 0) is 4.79 Å². The number of nitrogens with one attached hydrogen (secondary N) is 2. The summed E-state index contributed by atoms with van der Waals surface area (Å²) < 4.78 is 0.888. The number of hydrogen-bond acceptors (Lipinski definition) is 6. The molecule has 0 unspecified atom stereocenters. The zero-order chi connectivity index (χ0) is 16.8. The highest BCUT2D eigenvalue weighted by Gasteiger charge is 2.12. The van der Waals surface area contributed by atoms with Crippen molar-refractivity contribution in [1.82, 2.24) is 10.2 Å². The fourth-order valence-electron chi connectivity index (χ4n) is 1.73. The Labute approximate surface area is 153 Å². The Kier molecular flexibility index (Phi) is 6.95. The van der Waals surface area contributed by atoms with Crippen molar-refractivity contribution in [3.05, 3.63) is 27.7 Å². The van der Waals surface area contributed by atoms with Crippen molar-refractivity contribution in [1.29, 1.82) is 0 Å². The molecule has 2 rings (SSSR count). The maximum Gasteiger partial charge on any atom is 0.224 e. The average Bonchev–Trinajstić information content (AvgIpc) is 3.00. The Morgan fingerprint density at radius 2 is 2.13 bits per heavy atom. The van der Waals surface area contributed by atoms with E-state index in [2.05, 4.69) is 20.8 Å². The summed E-state index contributed by atoms with van der Waals surface area (Å²) in [5, 5.41) is 15.4. The second-order valence-electron chi connectivity index (χ2n) is 4.68. The molecule has 0 atom stereocenters. The topological polar surface area (TPSA) is 66.9 Å². The summed E-state index contributed by atoms with van der Waals surface area (Å²) in [5.74, 6) is 0.689. The molecule has 1 aromatic carbocycles. The van der Waals surface area contributed by atoms with Gasteiger partial charge in [0.1, 0.15) is 0 Å². The molecule has 0 saturated carbocycles. The lowest BCUT2D eigenvalue weighted by molar-refractivity contribution is -0.116. The molecule has 0 aliphatic rings. The Hall–Kier alpha value is -1.02. The van der Waals surface area contributed by atoms with Gasteiger partial charge in [0.2, 0.25) is 11.0 Å². The molecule has 9 heteroatoms.